The van der Waals surface area contributed by atoms with Crippen LogP contribution in [-0.4, -0.2) is 36.9 Å². The van der Waals surface area contributed by atoms with E-state index in [0.717, 1.165) is 0 Å². The number of nitrogens with two attached hydrogens (primary N) is 1. The van der Waals surface area contributed by atoms with Gasteiger partial charge in [0.15, 0.2) is 6.04 Å². The molecule has 1 rings (SSSR count). The van der Waals surface area contributed by atoms with Gasteiger partial charge in [-0.3, -0.25) is 0 Å². The van der Waals surface area contributed by atoms with E-state index in [0.29, 0.717) is 13.0 Å². The van der Waals surface area contributed by atoms with E-state index in [4.69, 9.17) is 5.11 Å². The van der Waals surface area contributed by atoms with Gasteiger partial charge in [0.2, 0.25) is 0 Å². The molecule has 0 unspecified atom stereocenters. The van der Waals surface area contributed by atoms with Gasteiger partial charge in [0.1, 0.15) is 12.6 Å². The van der Waals surface area contributed by atoms with Crippen LogP contribution in [0, 0.1) is 0 Å². The Morgan fingerprint density at radius 2 is 2.50 bits per heavy atom. The molecule has 0 saturated carbocycles. The van der Waals surface area contributed by atoms with Gasteiger partial charge in [0, 0.05) is 6.42 Å². The molecular formula is C6H12NO3+. The molecule has 58 valence electrons. The van der Waals surface area contributed by atoms with Crippen LogP contribution < -0.4 is 5.32 Å². The molecule has 1 heterocycles. The summed E-state index contributed by atoms with van der Waals surface area (Å²) in [6, 6.07) is -0.181. The summed E-state index contributed by atoms with van der Waals surface area (Å²) in [5.41, 5.74) is 0. The molecule has 0 radical (unpaired) electrons. The molecule has 10 heavy (non-hydrogen) atoms. The molecule has 1 aliphatic heterocycles. The van der Waals surface area contributed by atoms with Gasteiger partial charge in [-0.25, -0.2) is 4.79 Å². The minimum absolute atomic E-state index is 0.181. The highest BCUT2D eigenvalue weighted by molar-refractivity contribution is 5.74. The van der Waals surface area contributed by atoms with Crippen molar-refractivity contribution < 1.29 is 20.0 Å². The lowest BCUT2D eigenvalue weighted by atomic mass is 10.2. The van der Waals surface area contributed by atoms with E-state index in [1.165, 1.54) is 7.11 Å². The Morgan fingerprint density at radius 3 is 2.90 bits per heavy atom. The fraction of sp³-hybridized carbons (Fsp3) is 0.833. The number of hydrogen-bond donors (Lipinski definition) is 2. The smallest absolute Gasteiger partial charge is 0.364 e. The second-order valence-electron chi connectivity index (χ2n) is 2.49. The van der Waals surface area contributed by atoms with Crippen LogP contribution in [0.25, 0.3) is 0 Å². The summed E-state index contributed by atoms with van der Waals surface area (Å²) < 4.78 is 4.50. The summed E-state index contributed by atoms with van der Waals surface area (Å²) >= 11 is 0. The molecule has 0 aromatic heterocycles. The predicted molar refractivity (Wildman–Crippen MR) is 33.2 cm³/mol. The van der Waals surface area contributed by atoms with Crippen molar-refractivity contribution in [3.63, 3.8) is 0 Å². The first-order chi connectivity index (χ1) is 4.74. The second kappa shape index (κ2) is 2.98. The van der Waals surface area contributed by atoms with Crippen LogP contribution >= 0.6 is 0 Å². The highest BCUT2D eigenvalue weighted by Crippen LogP contribution is 1.99. The summed E-state index contributed by atoms with van der Waals surface area (Å²) in [6.07, 6.45) is 0.177. The molecule has 0 bridgehead atoms. The van der Waals surface area contributed by atoms with Gasteiger partial charge in [-0.2, -0.15) is 0 Å². The van der Waals surface area contributed by atoms with Gasteiger partial charge in [-0.15, -0.1) is 0 Å². The quantitative estimate of drug-likeness (QED) is 0.415. The van der Waals surface area contributed by atoms with Crippen LogP contribution in [0.3, 0.4) is 0 Å². The van der Waals surface area contributed by atoms with E-state index in [2.05, 4.69) is 4.74 Å². The fourth-order valence-corrected chi connectivity index (χ4v) is 1.15. The molecule has 0 aromatic rings. The second-order valence-corrected chi connectivity index (χ2v) is 2.49. The van der Waals surface area contributed by atoms with Crippen LogP contribution in [0.5, 0.6) is 0 Å². The SMILES string of the molecule is COC(=O)[C@H]1C[C@@H](O)C[NH2+]1. The zero-order valence-electron chi connectivity index (χ0n) is 5.91. The van der Waals surface area contributed by atoms with Crippen molar-refractivity contribution in [2.45, 2.75) is 18.6 Å². The van der Waals surface area contributed by atoms with E-state index >= 15 is 0 Å². The molecule has 0 aromatic carbocycles. The molecule has 1 saturated heterocycles. The Balaban J connectivity index is 2.37. The topological polar surface area (TPSA) is 63.1 Å². The van der Waals surface area contributed by atoms with Crippen molar-refractivity contribution in [3.05, 3.63) is 0 Å². The standard InChI is InChI=1S/C6H11NO3/c1-10-6(9)5-2-4(8)3-7-5/h4-5,7-8H,2-3H2,1H3/p+1/t4-,5-/m1/s1. The summed E-state index contributed by atoms with van der Waals surface area (Å²) in [4.78, 5) is 10.8. The maximum Gasteiger partial charge on any atom is 0.364 e. The lowest BCUT2D eigenvalue weighted by molar-refractivity contribution is -0.661. The summed E-state index contributed by atoms with van der Waals surface area (Å²) in [7, 11) is 1.36. The minimum Gasteiger partial charge on any atom is -0.465 e. The van der Waals surface area contributed by atoms with Crippen molar-refractivity contribution in [2.24, 2.45) is 0 Å². The zero-order valence-corrected chi connectivity index (χ0v) is 5.91. The summed E-state index contributed by atoms with van der Waals surface area (Å²) in [5.74, 6) is -0.239. The lowest BCUT2D eigenvalue weighted by Gasteiger charge is -2.01. The number of carbonyl (C=O) groups is 1. The average molecular weight is 146 g/mol. The summed E-state index contributed by atoms with van der Waals surface area (Å²) in [6.45, 7) is 0.611. The molecule has 4 nitrogen and oxygen atoms in total. The number of rotatable bonds is 1. The molecule has 0 aliphatic carbocycles. The van der Waals surface area contributed by atoms with Crippen molar-refractivity contribution in [1.82, 2.24) is 0 Å². The van der Waals surface area contributed by atoms with Crippen molar-refractivity contribution in [2.75, 3.05) is 13.7 Å². The predicted octanol–water partition coefficient (Wildman–Crippen LogP) is -2.14. The summed E-state index contributed by atoms with van der Waals surface area (Å²) in [5, 5.41) is 10.8. The van der Waals surface area contributed by atoms with Crippen molar-refractivity contribution >= 4 is 5.97 Å². The van der Waals surface area contributed by atoms with Crippen LogP contribution in [0.15, 0.2) is 0 Å². The Bertz CT molecular complexity index is 137. The normalized spacial score (nSPS) is 32.2. The number of hydrogen-bond acceptors (Lipinski definition) is 3. The first kappa shape index (κ1) is 7.50. The number of carbonyl (C=O) groups excluding carboxylic acids is 1. The Kier molecular flexibility index (Phi) is 2.24. The van der Waals surface area contributed by atoms with Gasteiger partial charge in [-0.05, 0) is 0 Å². The molecular weight excluding hydrogens is 134 g/mol. The average Bonchev–Trinajstić information content (AvgIpc) is 2.34. The monoisotopic (exact) mass is 146 g/mol. The third kappa shape index (κ3) is 1.46. The van der Waals surface area contributed by atoms with Crippen LogP contribution in [0.1, 0.15) is 6.42 Å². The highest BCUT2D eigenvalue weighted by atomic mass is 16.5. The minimum atomic E-state index is -0.343. The van der Waals surface area contributed by atoms with Crippen molar-refractivity contribution in [3.8, 4) is 0 Å². The molecule has 4 heteroatoms. The molecule has 1 aliphatic rings. The first-order valence-corrected chi connectivity index (χ1v) is 3.33. The van der Waals surface area contributed by atoms with Gasteiger partial charge in [-0.1, -0.05) is 0 Å². The largest absolute Gasteiger partial charge is 0.465 e. The van der Waals surface area contributed by atoms with E-state index in [9.17, 15) is 4.79 Å². The number of quaternary nitrogens is 1. The number of methoxy groups -OCH3 is 1. The number of ether oxygens (including phenoxy) is 1. The third-order valence-corrected chi connectivity index (χ3v) is 1.72. The molecule has 3 N–H and O–H groups in total. The van der Waals surface area contributed by atoms with Gasteiger partial charge >= 0.3 is 5.97 Å². The Morgan fingerprint density at radius 1 is 1.80 bits per heavy atom. The maximum atomic E-state index is 10.8. The van der Waals surface area contributed by atoms with Gasteiger partial charge in [0.05, 0.1) is 7.11 Å². The molecule has 0 amide bonds. The number of aliphatic hydroxyl groups is 1. The Labute approximate surface area is 59.2 Å². The highest BCUT2D eigenvalue weighted by Gasteiger charge is 2.32. The lowest BCUT2D eigenvalue weighted by Crippen LogP contribution is -2.89. The molecule has 1 fully saturated rings. The fourth-order valence-electron chi connectivity index (χ4n) is 1.15. The van der Waals surface area contributed by atoms with Crippen LogP contribution in [-0.2, 0) is 9.53 Å². The van der Waals surface area contributed by atoms with E-state index in [-0.39, 0.29) is 18.1 Å². The van der Waals surface area contributed by atoms with Crippen molar-refractivity contribution in [1.29, 1.82) is 0 Å². The zero-order chi connectivity index (χ0) is 7.56. The maximum absolute atomic E-state index is 10.8. The van der Waals surface area contributed by atoms with Gasteiger partial charge < -0.3 is 15.2 Å². The Hall–Kier alpha value is -0.610. The molecule has 2 atom stereocenters. The first-order valence-electron chi connectivity index (χ1n) is 3.33. The third-order valence-electron chi connectivity index (χ3n) is 1.72. The van der Waals surface area contributed by atoms with Crippen LogP contribution in [0.4, 0.5) is 0 Å². The van der Waals surface area contributed by atoms with E-state index in [1.807, 2.05) is 0 Å². The van der Waals surface area contributed by atoms with Gasteiger partial charge in [0.25, 0.3) is 0 Å². The van der Waals surface area contributed by atoms with E-state index < -0.39 is 0 Å². The number of esters is 1. The number of aliphatic hydroxyl groups excluding tert-OH is 1. The van der Waals surface area contributed by atoms with E-state index in [1.54, 1.807) is 5.32 Å². The molecule has 0 spiro atoms. The van der Waals surface area contributed by atoms with Crippen LogP contribution in [0.2, 0.25) is 0 Å².